The molecule has 1 rings (SSSR count). The molecule has 1 amide bonds. The van der Waals surface area contributed by atoms with Gasteiger partial charge in [-0.05, 0) is 38.5 Å². The van der Waals surface area contributed by atoms with Crippen molar-refractivity contribution in [3.63, 3.8) is 0 Å². The van der Waals surface area contributed by atoms with Crippen molar-refractivity contribution in [2.45, 2.75) is 39.7 Å². The first kappa shape index (κ1) is 16.9. The predicted octanol–water partition coefficient (Wildman–Crippen LogP) is 2.71. The van der Waals surface area contributed by atoms with Gasteiger partial charge < -0.3 is 15.3 Å². The van der Waals surface area contributed by atoms with Gasteiger partial charge in [-0.1, -0.05) is 18.5 Å². The molecule has 2 N–H and O–H groups in total. The highest BCUT2D eigenvalue weighted by molar-refractivity contribution is 6.00. The highest BCUT2D eigenvalue weighted by Crippen LogP contribution is 2.20. The molecule has 1 atom stereocenters. The van der Waals surface area contributed by atoms with E-state index in [-0.39, 0.29) is 24.3 Å². The fraction of sp³-hybridized carbons (Fsp3) is 0.467. The number of halogens is 1. The minimum Gasteiger partial charge on any atom is -0.483 e. The SMILES string of the molecule is CCCC(C)NC(=O)COc1ccc(F)cc1/C(C)=N/O. The molecule has 5 nitrogen and oxygen atoms in total. The zero-order valence-electron chi connectivity index (χ0n) is 12.5. The van der Waals surface area contributed by atoms with Crippen LogP contribution < -0.4 is 10.1 Å². The smallest absolute Gasteiger partial charge is 0.258 e. The molecule has 0 aromatic heterocycles. The molecule has 0 aliphatic rings. The van der Waals surface area contributed by atoms with Crippen molar-refractivity contribution < 1.29 is 19.1 Å². The second kappa shape index (κ2) is 8.24. The minimum atomic E-state index is -0.471. The molecule has 1 unspecified atom stereocenters. The Bertz CT molecular complexity index is 518. The summed E-state index contributed by atoms with van der Waals surface area (Å²) >= 11 is 0. The van der Waals surface area contributed by atoms with Crippen LogP contribution in [0.1, 0.15) is 39.2 Å². The van der Waals surface area contributed by atoms with E-state index >= 15 is 0 Å². The zero-order chi connectivity index (χ0) is 15.8. The fourth-order valence-electron chi connectivity index (χ4n) is 1.93. The van der Waals surface area contributed by atoms with Crippen molar-refractivity contribution in [3.05, 3.63) is 29.6 Å². The van der Waals surface area contributed by atoms with Gasteiger partial charge in [-0.2, -0.15) is 0 Å². The van der Waals surface area contributed by atoms with Crippen LogP contribution in [0.25, 0.3) is 0 Å². The van der Waals surface area contributed by atoms with E-state index < -0.39 is 5.82 Å². The summed E-state index contributed by atoms with van der Waals surface area (Å²) in [5, 5.41) is 14.6. The first-order valence-corrected chi connectivity index (χ1v) is 6.88. The molecular formula is C15H21FN2O3. The summed E-state index contributed by atoms with van der Waals surface area (Å²) in [5.41, 5.74) is 0.524. The van der Waals surface area contributed by atoms with E-state index in [0.717, 1.165) is 12.8 Å². The van der Waals surface area contributed by atoms with E-state index in [1.54, 1.807) is 0 Å². The summed E-state index contributed by atoms with van der Waals surface area (Å²) in [5.74, 6) is -0.420. The van der Waals surface area contributed by atoms with E-state index in [9.17, 15) is 9.18 Å². The number of oxime groups is 1. The third kappa shape index (κ3) is 5.41. The maximum absolute atomic E-state index is 13.2. The van der Waals surface area contributed by atoms with Crippen molar-refractivity contribution in [2.75, 3.05) is 6.61 Å². The Balaban J connectivity index is 2.69. The topological polar surface area (TPSA) is 70.9 Å². The van der Waals surface area contributed by atoms with Crippen LogP contribution in [0.15, 0.2) is 23.4 Å². The van der Waals surface area contributed by atoms with Crippen LogP contribution in [0.5, 0.6) is 5.75 Å². The van der Waals surface area contributed by atoms with Crippen LogP contribution in [0.4, 0.5) is 4.39 Å². The third-order valence-electron chi connectivity index (χ3n) is 2.97. The quantitative estimate of drug-likeness (QED) is 0.462. The van der Waals surface area contributed by atoms with Gasteiger partial charge in [0, 0.05) is 11.6 Å². The lowest BCUT2D eigenvalue weighted by molar-refractivity contribution is -0.123. The Kier molecular flexibility index (Phi) is 6.65. The highest BCUT2D eigenvalue weighted by Gasteiger charge is 2.12. The fourth-order valence-corrected chi connectivity index (χ4v) is 1.93. The van der Waals surface area contributed by atoms with Gasteiger partial charge in [-0.3, -0.25) is 4.79 Å². The summed E-state index contributed by atoms with van der Waals surface area (Å²) < 4.78 is 18.6. The molecule has 0 radical (unpaired) electrons. The molecule has 1 aromatic carbocycles. The number of rotatable bonds is 7. The third-order valence-corrected chi connectivity index (χ3v) is 2.97. The van der Waals surface area contributed by atoms with Crippen LogP contribution in [0.3, 0.4) is 0 Å². The molecule has 0 saturated carbocycles. The van der Waals surface area contributed by atoms with Gasteiger partial charge in [0.15, 0.2) is 6.61 Å². The van der Waals surface area contributed by atoms with Crippen LogP contribution in [-0.4, -0.2) is 29.5 Å². The van der Waals surface area contributed by atoms with Gasteiger partial charge in [0.05, 0.1) is 5.71 Å². The molecular weight excluding hydrogens is 275 g/mol. The van der Waals surface area contributed by atoms with Gasteiger partial charge in [-0.15, -0.1) is 0 Å². The Morgan fingerprint density at radius 3 is 2.86 bits per heavy atom. The van der Waals surface area contributed by atoms with Gasteiger partial charge in [0.25, 0.3) is 5.91 Å². The number of nitrogens with zero attached hydrogens (tertiary/aromatic N) is 1. The molecule has 0 heterocycles. The molecule has 21 heavy (non-hydrogen) atoms. The number of carbonyl (C=O) groups is 1. The Morgan fingerprint density at radius 1 is 1.52 bits per heavy atom. The summed E-state index contributed by atoms with van der Waals surface area (Å²) in [7, 11) is 0. The molecule has 0 aliphatic heterocycles. The van der Waals surface area contributed by atoms with E-state index in [2.05, 4.69) is 10.5 Å². The normalized spacial score (nSPS) is 12.9. The Morgan fingerprint density at radius 2 is 2.24 bits per heavy atom. The van der Waals surface area contributed by atoms with E-state index in [4.69, 9.17) is 9.94 Å². The number of hydrogen-bond donors (Lipinski definition) is 2. The van der Waals surface area contributed by atoms with Crippen molar-refractivity contribution in [3.8, 4) is 5.75 Å². The number of benzene rings is 1. The lowest BCUT2D eigenvalue weighted by atomic mass is 10.1. The van der Waals surface area contributed by atoms with Crippen molar-refractivity contribution in [1.82, 2.24) is 5.32 Å². The maximum Gasteiger partial charge on any atom is 0.258 e. The minimum absolute atomic E-state index is 0.0829. The second-order valence-corrected chi connectivity index (χ2v) is 4.87. The molecule has 0 bridgehead atoms. The lowest BCUT2D eigenvalue weighted by Gasteiger charge is -2.14. The van der Waals surface area contributed by atoms with E-state index in [0.29, 0.717) is 11.3 Å². The molecule has 0 fully saturated rings. The number of ether oxygens (including phenoxy) is 1. The second-order valence-electron chi connectivity index (χ2n) is 4.87. The van der Waals surface area contributed by atoms with Crippen molar-refractivity contribution >= 4 is 11.6 Å². The first-order valence-electron chi connectivity index (χ1n) is 6.88. The molecule has 0 aliphatic carbocycles. The van der Waals surface area contributed by atoms with Crippen molar-refractivity contribution in [2.24, 2.45) is 5.16 Å². The number of amides is 1. The largest absolute Gasteiger partial charge is 0.483 e. The van der Waals surface area contributed by atoms with Gasteiger partial charge >= 0.3 is 0 Å². The molecule has 1 aromatic rings. The standard InChI is InChI=1S/C15H21FN2O3/c1-4-5-10(2)17-15(19)9-21-14-7-6-12(16)8-13(14)11(3)18-20/h6-8,10,20H,4-5,9H2,1-3H3,(H,17,19)/b18-11+. The van der Waals surface area contributed by atoms with Crippen LogP contribution in [0.2, 0.25) is 0 Å². The molecule has 6 heteroatoms. The van der Waals surface area contributed by atoms with Crippen molar-refractivity contribution in [1.29, 1.82) is 0 Å². The van der Waals surface area contributed by atoms with E-state index in [1.165, 1.54) is 25.1 Å². The molecule has 116 valence electrons. The van der Waals surface area contributed by atoms with Crippen LogP contribution in [0, 0.1) is 5.82 Å². The summed E-state index contributed by atoms with van der Waals surface area (Å²) in [4.78, 5) is 11.7. The molecule has 0 spiro atoms. The van der Waals surface area contributed by atoms with Crippen LogP contribution >= 0.6 is 0 Å². The number of carbonyl (C=O) groups excluding carboxylic acids is 1. The summed E-state index contributed by atoms with van der Waals surface area (Å²) in [6.45, 7) is 5.31. The summed E-state index contributed by atoms with van der Waals surface area (Å²) in [6, 6.07) is 3.91. The number of hydrogen-bond acceptors (Lipinski definition) is 4. The number of nitrogens with one attached hydrogen (secondary N) is 1. The Labute approximate surface area is 123 Å². The monoisotopic (exact) mass is 296 g/mol. The maximum atomic E-state index is 13.2. The summed E-state index contributed by atoms with van der Waals surface area (Å²) in [6.07, 6.45) is 1.88. The lowest BCUT2D eigenvalue weighted by Crippen LogP contribution is -2.36. The Hall–Kier alpha value is -2.11. The zero-order valence-corrected chi connectivity index (χ0v) is 12.5. The van der Waals surface area contributed by atoms with Gasteiger partial charge in [0.1, 0.15) is 11.6 Å². The average Bonchev–Trinajstić information content (AvgIpc) is 2.45. The highest BCUT2D eigenvalue weighted by atomic mass is 19.1. The molecule has 0 saturated heterocycles. The van der Waals surface area contributed by atoms with Crippen LogP contribution in [-0.2, 0) is 4.79 Å². The average molecular weight is 296 g/mol. The van der Waals surface area contributed by atoms with Gasteiger partial charge in [0.2, 0.25) is 0 Å². The van der Waals surface area contributed by atoms with E-state index in [1.807, 2.05) is 13.8 Å². The van der Waals surface area contributed by atoms with Gasteiger partial charge in [-0.25, -0.2) is 4.39 Å². The predicted molar refractivity (Wildman–Crippen MR) is 78.4 cm³/mol. The first-order chi connectivity index (χ1) is 9.97.